The van der Waals surface area contributed by atoms with E-state index in [-0.39, 0.29) is 0 Å². The third-order valence-electron chi connectivity index (χ3n) is 10.4. The van der Waals surface area contributed by atoms with Gasteiger partial charge in [-0.1, -0.05) is 0 Å². The summed E-state index contributed by atoms with van der Waals surface area (Å²) in [4.78, 5) is 0. The first-order chi connectivity index (χ1) is 26.0. The third kappa shape index (κ3) is 9.11. The van der Waals surface area contributed by atoms with Crippen LogP contribution in [0.15, 0.2) is 0 Å². The van der Waals surface area contributed by atoms with Crippen molar-refractivity contribution in [2.45, 2.75) is 160 Å². The van der Waals surface area contributed by atoms with Crippen LogP contribution in [0.4, 0.5) is 0 Å². The van der Waals surface area contributed by atoms with E-state index in [0.717, 1.165) is 0 Å². The first-order valence-corrected chi connectivity index (χ1v) is 17.6. The Labute approximate surface area is 312 Å². The van der Waals surface area contributed by atoms with Crippen molar-refractivity contribution in [3.8, 4) is 0 Å². The fraction of sp³-hybridized carbons (Fsp3) is 1.00. The summed E-state index contributed by atoms with van der Waals surface area (Å²) in [7, 11) is 0. The van der Waals surface area contributed by atoms with Gasteiger partial charge in [0.1, 0.15) is 110 Å². The van der Waals surface area contributed by atoms with Crippen LogP contribution in [-0.2, 0) is 42.6 Å². The molecule has 25 atom stereocenters. The summed E-state index contributed by atoms with van der Waals surface area (Å²) in [6, 6.07) is -1.66. The minimum atomic E-state index is -2.04. The maximum absolute atomic E-state index is 11.3. The second kappa shape index (κ2) is 18.9. The molecule has 0 radical (unpaired) electrons. The van der Waals surface area contributed by atoms with Gasteiger partial charge in [-0.25, -0.2) is 0 Å². The molecule has 5 aliphatic rings. The smallest absolute Gasteiger partial charge is 0.187 e. The summed E-state index contributed by atoms with van der Waals surface area (Å²) in [5.74, 6) is 0. The molecule has 5 rings (SSSR count). The summed E-state index contributed by atoms with van der Waals surface area (Å²) in [6.45, 7) is -2.19. The molecule has 0 amide bonds. The van der Waals surface area contributed by atoms with Crippen LogP contribution in [0.25, 0.3) is 0 Å². The maximum atomic E-state index is 11.3. The highest BCUT2D eigenvalue weighted by Crippen LogP contribution is 2.35. The predicted octanol–water partition coefficient (Wildman–Crippen LogP) is -10.9. The number of rotatable bonds is 12. The van der Waals surface area contributed by atoms with Gasteiger partial charge in [-0.3, -0.25) is 0 Å². The van der Waals surface area contributed by atoms with Crippen LogP contribution >= 0.6 is 0 Å². The fourth-order valence-electron chi connectivity index (χ4n) is 7.00. The quantitative estimate of drug-likeness (QED) is 0.0870. The lowest BCUT2D eigenvalue weighted by Gasteiger charge is -2.50. The number of ether oxygens (including phenoxy) is 9. The Morgan fingerprint density at radius 3 is 1.44 bits per heavy atom. The van der Waals surface area contributed by atoms with Crippen molar-refractivity contribution in [2.24, 2.45) is 5.73 Å². The molecule has 0 aromatic heterocycles. The lowest BCUT2D eigenvalue weighted by Crippen LogP contribution is -2.69. The van der Waals surface area contributed by atoms with E-state index >= 15 is 0 Å². The van der Waals surface area contributed by atoms with E-state index in [2.05, 4.69) is 0 Å². The molecule has 0 bridgehead atoms. The van der Waals surface area contributed by atoms with Crippen molar-refractivity contribution in [3.05, 3.63) is 0 Å². The van der Waals surface area contributed by atoms with Crippen molar-refractivity contribution < 1.29 is 119 Å². The highest BCUT2D eigenvalue weighted by atomic mass is 16.8. The third-order valence-corrected chi connectivity index (χ3v) is 10.4. The van der Waals surface area contributed by atoms with Gasteiger partial charge >= 0.3 is 0 Å². The summed E-state index contributed by atoms with van der Waals surface area (Å²) in [6.07, 6.45) is -42.1. The Kier molecular flexibility index (Phi) is 15.5. The van der Waals surface area contributed by atoms with Crippen molar-refractivity contribution in [1.82, 2.24) is 0 Å². The van der Waals surface area contributed by atoms with Gasteiger partial charge in [-0.05, 0) is 6.92 Å². The van der Waals surface area contributed by atoms with Crippen LogP contribution in [0.3, 0.4) is 0 Å². The molecule has 25 heteroatoms. The highest BCUT2D eigenvalue weighted by molar-refractivity contribution is 4.99. The molecule has 322 valence electrons. The highest BCUT2D eigenvalue weighted by Gasteiger charge is 2.56. The average Bonchev–Trinajstić information content (AvgIpc) is 3.17. The minimum Gasteiger partial charge on any atom is -0.394 e. The SMILES string of the molecule is CC1O[C@@H](OC2C(O)[C@@H](O)C(CO)O[C@H]2OC2C(N)C(OC3C(O)[C@@H](O[C@H]4C(CO)O[C@@H](O)C(O)C4O)OC(CO)[C@@H]3O)OC(CO)[C@@H]2O)C(O)C(O)[C@@H]1O. The van der Waals surface area contributed by atoms with E-state index in [1.165, 1.54) is 6.92 Å². The van der Waals surface area contributed by atoms with Gasteiger partial charge in [0.05, 0.1) is 38.6 Å². The number of nitrogens with two attached hydrogens (primary N) is 1. The number of hydrogen-bond acceptors (Lipinski definition) is 25. The molecule has 0 aromatic carbocycles. The van der Waals surface area contributed by atoms with Gasteiger partial charge in [0.15, 0.2) is 31.5 Å². The van der Waals surface area contributed by atoms with E-state index in [9.17, 15) is 76.6 Å². The first-order valence-electron chi connectivity index (χ1n) is 17.6. The molecular weight excluding hydrogens is 758 g/mol. The Bertz CT molecular complexity index is 1200. The van der Waals surface area contributed by atoms with Gasteiger partial charge in [-0.15, -0.1) is 0 Å². The summed E-state index contributed by atoms with van der Waals surface area (Å²) < 4.78 is 50.3. The number of aliphatic hydroxyl groups is 15. The van der Waals surface area contributed by atoms with Gasteiger partial charge in [-0.2, -0.15) is 0 Å². The zero-order valence-corrected chi connectivity index (χ0v) is 29.2. The van der Waals surface area contributed by atoms with Crippen molar-refractivity contribution in [1.29, 1.82) is 0 Å². The van der Waals surface area contributed by atoms with Crippen molar-refractivity contribution in [3.63, 3.8) is 0 Å². The van der Waals surface area contributed by atoms with E-state index in [0.29, 0.717) is 0 Å². The summed E-state index contributed by atoms with van der Waals surface area (Å²) in [5.41, 5.74) is 6.42. The van der Waals surface area contributed by atoms with Crippen LogP contribution in [0.5, 0.6) is 0 Å². The molecule has 5 saturated heterocycles. The Morgan fingerprint density at radius 2 is 0.836 bits per heavy atom. The van der Waals surface area contributed by atoms with Gasteiger partial charge in [0, 0.05) is 0 Å². The van der Waals surface area contributed by atoms with Crippen LogP contribution in [0.2, 0.25) is 0 Å². The van der Waals surface area contributed by atoms with Gasteiger partial charge in [0.25, 0.3) is 0 Å². The lowest BCUT2D eigenvalue weighted by atomic mass is 9.94. The number of aliphatic hydroxyl groups excluding tert-OH is 15. The monoisotopic (exact) mass is 811 g/mol. The first kappa shape index (κ1) is 45.1. The Balaban J connectivity index is 1.37. The second-order valence-corrected chi connectivity index (χ2v) is 14.0. The van der Waals surface area contributed by atoms with Crippen LogP contribution in [0, 0.1) is 0 Å². The molecule has 5 fully saturated rings. The summed E-state index contributed by atoms with van der Waals surface area (Å²) in [5, 5.41) is 156. The van der Waals surface area contributed by atoms with E-state index < -0.39 is 180 Å². The second-order valence-electron chi connectivity index (χ2n) is 14.0. The molecule has 17 N–H and O–H groups in total. The molecule has 0 aliphatic carbocycles. The van der Waals surface area contributed by atoms with Crippen molar-refractivity contribution >= 4 is 0 Å². The molecule has 5 heterocycles. The standard InChI is InChI=1S/C30H53NO24/c1-6-12(36)16(40)20(44)28(47-6)55-25-17(41)13(37)7(2-32)51-30(25)53-23-11(31)27(49-8(3-33)14(23)38)54-24-15(39)9(4-34)50-29(21(24)45)52-22-10(5-35)48-26(46)19(43)18(22)42/h6-30,32-46H,2-5,31H2,1H3/t6?,7?,8?,9?,10?,11?,12-,13+,14+,15+,16?,17?,18?,19?,20?,21?,22+,23?,24?,25?,26-,27?,28+,29-,30+/m1/s1. The topological polar surface area (TPSA) is 413 Å². The Morgan fingerprint density at radius 1 is 0.382 bits per heavy atom. The average molecular weight is 812 g/mol. The largest absolute Gasteiger partial charge is 0.394 e. The lowest BCUT2D eigenvalue weighted by molar-refractivity contribution is -0.389. The van der Waals surface area contributed by atoms with Gasteiger partial charge < -0.3 is 125 Å². The molecule has 0 spiro atoms. The molecule has 25 nitrogen and oxygen atoms in total. The fourth-order valence-corrected chi connectivity index (χ4v) is 7.00. The molecule has 55 heavy (non-hydrogen) atoms. The molecule has 5 aliphatic heterocycles. The van der Waals surface area contributed by atoms with E-state index in [1.807, 2.05) is 0 Å². The molecular formula is C30H53NO24. The van der Waals surface area contributed by atoms with E-state index in [4.69, 9.17) is 48.4 Å². The predicted molar refractivity (Wildman–Crippen MR) is 167 cm³/mol. The normalized spacial score (nSPS) is 53.9. The summed E-state index contributed by atoms with van der Waals surface area (Å²) >= 11 is 0. The minimum absolute atomic E-state index is 0.846. The zero-order chi connectivity index (χ0) is 40.6. The molecule has 0 saturated carbocycles. The van der Waals surface area contributed by atoms with Crippen molar-refractivity contribution in [2.75, 3.05) is 26.4 Å². The van der Waals surface area contributed by atoms with Crippen LogP contribution in [0.1, 0.15) is 6.92 Å². The van der Waals surface area contributed by atoms with Crippen LogP contribution < -0.4 is 5.73 Å². The van der Waals surface area contributed by atoms with Crippen LogP contribution in [-0.4, -0.2) is 256 Å². The number of hydrogen-bond donors (Lipinski definition) is 16. The molecule has 0 aromatic rings. The van der Waals surface area contributed by atoms with E-state index in [1.54, 1.807) is 0 Å². The van der Waals surface area contributed by atoms with Gasteiger partial charge in [0.2, 0.25) is 0 Å². The maximum Gasteiger partial charge on any atom is 0.187 e. The Hall–Kier alpha value is -1.00. The molecule has 16 unspecified atom stereocenters. The zero-order valence-electron chi connectivity index (χ0n) is 29.2.